The molecule has 0 atom stereocenters. The van der Waals surface area contributed by atoms with Crippen molar-refractivity contribution in [2.75, 3.05) is 6.61 Å². The van der Waals surface area contributed by atoms with Crippen molar-refractivity contribution in [3.63, 3.8) is 0 Å². The molecule has 0 rings (SSSR count). The quantitative estimate of drug-likeness (QED) is 0.288. The maximum Gasteiger partial charge on any atom is 0.303 e. The third kappa shape index (κ3) is 29.4. The van der Waals surface area contributed by atoms with Crippen LogP contribution in [0.2, 0.25) is 0 Å². The minimum Gasteiger partial charge on any atom is -0.481 e. The van der Waals surface area contributed by atoms with E-state index < -0.39 is 5.97 Å². The molecule has 0 aromatic heterocycles. The highest BCUT2D eigenvalue weighted by atomic mass is 16.4. The Balaban J connectivity index is 0. The van der Waals surface area contributed by atoms with E-state index in [-0.39, 0.29) is 0 Å². The number of aliphatic hydroxyl groups is 1. The van der Waals surface area contributed by atoms with E-state index in [9.17, 15) is 4.79 Å². The maximum absolute atomic E-state index is 9.96. The van der Waals surface area contributed by atoms with E-state index in [0.29, 0.717) is 13.0 Å². The Bertz CT molecular complexity index is 217. The molecule has 146 valence electrons. The predicted molar refractivity (Wildman–Crippen MR) is 105 cm³/mol. The highest BCUT2D eigenvalue weighted by molar-refractivity contribution is 5.66. The SMILES string of the molecule is CCCCCCC(=O)O.CCCCCCCCCCCCCCO. The molecule has 0 aliphatic rings. The molecule has 0 heterocycles. The smallest absolute Gasteiger partial charge is 0.303 e. The number of aliphatic hydroxyl groups excluding tert-OH is 1. The van der Waals surface area contributed by atoms with Crippen LogP contribution in [0.25, 0.3) is 0 Å². The van der Waals surface area contributed by atoms with Gasteiger partial charge in [0.2, 0.25) is 0 Å². The Labute approximate surface area is 151 Å². The fourth-order valence-electron chi connectivity index (χ4n) is 2.66. The minimum atomic E-state index is -0.675. The van der Waals surface area contributed by atoms with Crippen molar-refractivity contribution in [2.45, 2.75) is 123 Å². The molecule has 24 heavy (non-hydrogen) atoms. The molecule has 3 nitrogen and oxygen atoms in total. The van der Waals surface area contributed by atoms with Crippen LogP contribution in [-0.2, 0) is 4.79 Å². The van der Waals surface area contributed by atoms with Gasteiger partial charge in [0, 0.05) is 13.0 Å². The normalized spacial score (nSPS) is 10.3. The maximum atomic E-state index is 9.96. The van der Waals surface area contributed by atoms with Crippen molar-refractivity contribution in [3.8, 4) is 0 Å². The van der Waals surface area contributed by atoms with Gasteiger partial charge in [0.25, 0.3) is 0 Å². The second kappa shape index (κ2) is 24.7. The topological polar surface area (TPSA) is 57.5 Å². The Morgan fingerprint density at radius 2 is 0.917 bits per heavy atom. The number of aliphatic carboxylic acids is 1. The molecule has 0 aliphatic carbocycles. The summed E-state index contributed by atoms with van der Waals surface area (Å²) >= 11 is 0. The number of carbonyl (C=O) groups is 1. The molecule has 0 saturated heterocycles. The second-order valence-electron chi connectivity index (χ2n) is 6.82. The lowest BCUT2D eigenvalue weighted by molar-refractivity contribution is -0.137. The van der Waals surface area contributed by atoms with Gasteiger partial charge in [-0.15, -0.1) is 0 Å². The summed E-state index contributed by atoms with van der Waals surface area (Å²) < 4.78 is 0. The van der Waals surface area contributed by atoms with Crippen LogP contribution in [0.1, 0.15) is 123 Å². The van der Waals surface area contributed by atoms with Crippen LogP contribution in [0.4, 0.5) is 0 Å². The summed E-state index contributed by atoms with van der Waals surface area (Å²) in [5, 5.41) is 16.8. The summed E-state index contributed by atoms with van der Waals surface area (Å²) in [6.45, 7) is 4.75. The Morgan fingerprint density at radius 1 is 0.583 bits per heavy atom. The van der Waals surface area contributed by atoms with Crippen LogP contribution in [0.3, 0.4) is 0 Å². The lowest BCUT2D eigenvalue weighted by atomic mass is 10.1. The van der Waals surface area contributed by atoms with Gasteiger partial charge in [0.05, 0.1) is 0 Å². The van der Waals surface area contributed by atoms with E-state index in [1.165, 1.54) is 77.0 Å². The molecule has 3 heteroatoms. The molecule has 2 N–H and O–H groups in total. The van der Waals surface area contributed by atoms with Crippen molar-refractivity contribution >= 4 is 5.97 Å². The van der Waals surface area contributed by atoms with Crippen LogP contribution in [0.5, 0.6) is 0 Å². The van der Waals surface area contributed by atoms with E-state index in [4.69, 9.17) is 10.2 Å². The first kappa shape index (κ1) is 25.7. The second-order valence-corrected chi connectivity index (χ2v) is 6.82. The van der Waals surface area contributed by atoms with Crippen molar-refractivity contribution in [2.24, 2.45) is 0 Å². The lowest BCUT2D eigenvalue weighted by Gasteiger charge is -2.01. The number of hydrogen-bond acceptors (Lipinski definition) is 2. The van der Waals surface area contributed by atoms with Gasteiger partial charge in [0.1, 0.15) is 0 Å². The van der Waals surface area contributed by atoms with Gasteiger partial charge >= 0.3 is 5.97 Å². The Kier molecular flexibility index (Phi) is 26.4. The van der Waals surface area contributed by atoms with Gasteiger partial charge in [-0.05, 0) is 12.8 Å². The van der Waals surface area contributed by atoms with Crippen LogP contribution in [0, 0.1) is 0 Å². The fourth-order valence-corrected chi connectivity index (χ4v) is 2.66. The van der Waals surface area contributed by atoms with E-state index >= 15 is 0 Å². The molecule has 0 bridgehead atoms. The summed E-state index contributed by atoms with van der Waals surface area (Å²) in [5.41, 5.74) is 0. The van der Waals surface area contributed by atoms with E-state index in [0.717, 1.165) is 25.7 Å². The van der Waals surface area contributed by atoms with Gasteiger partial charge in [0.15, 0.2) is 0 Å². The number of unbranched alkanes of at least 4 members (excludes halogenated alkanes) is 14. The summed E-state index contributed by atoms with van der Waals surface area (Å²) in [4.78, 5) is 9.96. The minimum absolute atomic E-state index is 0.333. The molecular formula is C21H44O3. The van der Waals surface area contributed by atoms with Crippen molar-refractivity contribution in [3.05, 3.63) is 0 Å². The highest BCUT2D eigenvalue weighted by Crippen LogP contribution is 2.11. The summed E-state index contributed by atoms with van der Waals surface area (Å²) in [6, 6.07) is 0. The van der Waals surface area contributed by atoms with Crippen LogP contribution < -0.4 is 0 Å². The first-order chi connectivity index (χ1) is 11.7. The molecule has 0 unspecified atom stereocenters. The van der Waals surface area contributed by atoms with Crippen molar-refractivity contribution in [1.82, 2.24) is 0 Å². The first-order valence-electron chi connectivity index (χ1n) is 10.5. The summed E-state index contributed by atoms with van der Waals surface area (Å²) in [7, 11) is 0. The van der Waals surface area contributed by atoms with Crippen molar-refractivity contribution in [1.29, 1.82) is 0 Å². The third-order valence-corrected chi connectivity index (χ3v) is 4.26. The molecule has 0 aromatic rings. The van der Waals surface area contributed by atoms with Crippen LogP contribution >= 0.6 is 0 Å². The average molecular weight is 345 g/mol. The average Bonchev–Trinajstić information content (AvgIpc) is 2.57. The Morgan fingerprint density at radius 3 is 1.25 bits per heavy atom. The zero-order valence-electron chi connectivity index (χ0n) is 16.5. The molecule has 0 fully saturated rings. The first-order valence-corrected chi connectivity index (χ1v) is 10.5. The number of carboxylic acid groups (broad SMARTS) is 1. The monoisotopic (exact) mass is 344 g/mol. The Hall–Kier alpha value is -0.570. The molecule has 0 radical (unpaired) electrons. The highest BCUT2D eigenvalue weighted by Gasteiger charge is 1.94. The fraction of sp³-hybridized carbons (Fsp3) is 0.952. The zero-order valence-corrected chi connectivity index (χ0v) is 16.5. The molecule has 0 spiro atoms. The van der Waals surface area contributed by atoms with Gasteiger partial charge in [-0.1, -0.05) is 104 Å². The van der Waals surface area contributed by atoms with Crippen molar-refractivity contribution < 1.29 is 15.0 Å². The summed E-state index contributed by atoms with van der Waals surface area (Å²) in [5.74, 6) is -0.675. The van der Waals surface area contributed by atoms with E-state index in [2.05, 4.69) is 13.8 Å². The lowest BCUT2D eigenvalue weighted by Crippen LogP contribution is -1.92. The zero-order chi connectivity index (χ0) is 18.3. The number of carboxylic acids is 1. The molecular weight excluding hydrogens is 300 g/mol. The largest absolute Gasteiger partial charge is 0.481 e. The molecule has 0 aromatic carbocycles. The van der Waals surface area contributed by atoms with Gasteiger partial charge in [-0.3, -0.25) is 4.79 Å². The van der Waals surface area contributed by atoms with Crippen LogP contribution in [0.15, 0.2) is 0 Å². The van der Waals surface area contributed by atoms with Crippen LogP contribution in [-0.4, -0.2) is 22.8 Å². The van der Waals surface area contributed by atoms with E-state index in [1.54, 1.807) is 0 Å². The molecule has 0 saturated carbocycles. The number of hydrogen-bond donors (Lipinski definition) is 2. The predicted octanol–water partition coefficient (Wildman–Crippen LogP) is 6.72. The molecule has 0 amide bonds. The van der Waals surface area contributed by atoms with Gasteiger partial charge < -0.3 is 10.2 Å². The van der Waals surface area contributed by atoms with Gasteiger partial charge in [-0.25, -0.2) is 0 Å². The van der Waals surface area contributed by atoms with Gasteiger partial charge in [-0.2, -0.15) is 0 Å². The third-order valence-electron chi connectivity index (χ3n) is 4.26. The molecule has 0 aliphatic heterocycles. The number of rotatable bonds is 17. The van der Waals surface area contributed by atoms with E-state index in [1.807, 2.05) is 0 Å². The standard InChI is InChI=1S/C14H30O.C7H14O2/c1-2-3-4-5-6-7-8-9-10-11-12-13-14-15;1-2-3-4-5-6-7(8)9/h15H,2-14H2,1H3;2-6H2,1H3,(H,8,9). The summed E-state index contributed by atoms with van der Waals surface area (Å²) in [6.07, 6.45) is 20.8.